The molecule has 21 nitrogen and oxygen atoms in total. The second kappa shape index (κ2) is 18.6. The molecule has 1 unspecified atom stereocenters. The number of carbonyl (C=O) groups excluding carboxylic acids is 1. The largest absolute Gasteiger partial charge is 0.508 e. The Morgan fingerprint density at radius 1 is 0.750 bits per heavy atom. The van der Waals surface area contributed by atoms with Gasteiger partial charge in [-0.05, 0) is 54.1 Å². The minimum absolute atomic E-state index is 0.0535. The number of aliphatic hydroxyl groups excluding tert-OH is 7. The van der Waals surface area contributed by atoms with Gasteiger partial charge in [0.05, 0.1) is 5.56 Å². The molecular weight excluding hydrogens is 804 g/mol. The number of esters is 1. The normalized spacial score (nSPS) is 27.4. The molecule has 12 N–H and O–H groups in total. The zero-order valence-corrected chi connectivity index (χ0v) is 30.9. The number of rotatable bonds is 14. The quantitative estimate of drug-likeness (QED) is 0.0226. The lowest BCUT2D eigenvalue weighted by molar-refractivity contribution is -0.303. The summed E-state index contributed by atoms with van der Waals surface area (Å²) in [6, 6.07) is 12.6. The highest BCUT2D eigenvalue weighted by molar-refractivity contribution is 5.90. The molecule has 322 valence electrons. The highest BCUT2D eigenvalue weighted by Crippen LogP contribution is 2.43. The average molecular weight is 846 g/mol. The molecule has 3 heterocycles. The van der Waals surface area contributed by atoms with Crippen molar-refractivity contribution in [2.24, 2.45) is 0 Å². The molecule has 11 atom stereocenters. The van der Waals surface area contributed by atoms with E-state index in [0.29, 0.717) is 5.56 Å². The third kappa shape index (κ3) is 10.1. The summed E-state index contributed by atoms with van der Waals surface area (Å²) < 4.78 is 38.2. The molecule has 0 saturated carbocycles. The molecule has 6 rings (SSSR count). The van der Waals surface area contributed by atoms with Gasteiger partial charge in [-0.25, -0.2) is 0 Å². The summed E-state index contributed by atoms with van der Waals surface area (Å²) in [4.78, 5) is 35.6. The number of fused-ring (bicyclic) bond motifs is 1. The van der Waals surface area contributed by atoms with E-state index in [2.05, 4.69) is 4.74 Å². The van der Waals surface area contributed by atoms with E-state index in [4.69, 9.17) is 33.2 Å². The van der Waals surface area contributed by atoms with Crippen molar-refractivity contribution in [3.05, 3.63) is 82.5 Å². The summed E-state index contributed by atoms with van der Waals surface area (Å²) in [5, 5.41) is 113. The van der Waals surface area contributed by atoms with Crippen LogP contribution >= 0.6 is 0 Å². The number of aliphatic carboxylic acids is 1. The maximum atomic E-state index is 12.9. The van der Waals surface area contributed by atoms with E-state index in [0.717, 1.165) is 12.1 Å². The molecule has 2 aromatic carbocycles. The Morgan fingerprint density at radius 3 is 2.03 bits per heavy atom. The van der Waals surface area contributed by atoms with Crippen LogP contribution in [0.15, 0.2) is 76.0 Å². The Hall–Kier alpha value is -5.85. The van der Waals surface area contributed by atoms with Gasteiger partial charge < -0.3 is 89.0 Å². The van der Waals surface area contributed by atoms with Gasteiger partial charge in [0.15, 0.2) is 41.1 Å². The minimum Gasteiger partial charge on any atom is -0.508 e. The lowest BCUT2D eigenvalue weighted by atomic mass is 9.99. The van der Waals surface area contributed by atoms with Gasteiger partial charge in [-0.2, -0.15) is 0 Å². The van der Waals surface area contributed by atoms with Gasteiger partial charge >= 0.3 is 11.9 Å². The fraction of sp³-hybridized carbons (Fsp3) is 0.359. The number of carbonyl (C=O) groups is 2. The van der Waals surface area contributed by atoms with Crippen molar-refractivity contribution in [3.63, 3.8) is 0 Å². The van der Waals surface area contributed by atoms with Gasteiger partial charge in [0, 0.05) is 23.8 Å². The van der Waals surface area contributed by atoms with Crippen LogP contribution in [0.3, 0.4) is 0 Å². The first kappa shape index (κ1) is 43.7. The third-order valence-electron chi connectivity index (χ3n) is 9.38. The number of carboxylic acids is 1. The molecule has 0 spiro atoms. The van der Waals surface area contributed by atoms with Gasteiger partial charge in [-0.15, -0.1) is 0 Å². The van der Waals surface area contributed by atoms with Crippen molar-refractivity contribution in [2.75, 3.05) is 13.2 Å². The minimum atomic E-state index is -1.96. The standard InChI is InChI=1S/C39H40O21/c40-18-5-3-17(4-6-18)37-25(58-39-36(53)34(51)31(48)26(60-39)14-54-29(46)8-2-16-1-7-21(42)22(43)9-16)12-20-23(56-37)10-19(41)11-24(20)57-38-35(52)33(50)32(49)27(59-38)15-55-30(47)13-28(44)45/h1-12,26-27,29,31-36,38-40,42-43,46,48-53H,13-15H2,(H,44,45)/p+1/t26-,27-,29?,31-,32-,33+,34+,35-,36-,38-,39-/m1/s1. The van der Waals surface area contributed by atoms with E-state index in [9.17, 15) is 65.4 Å². The van der Waals surface area contributed by atoms with Crippen LogP contribution in [0.5, 0.6) is 28.7 Å². The number of hydrogen-bond donors (Lipinski definition) is 11. The number of hydrogen-bond acceptors (Lipinski definition) is 19. The van der Waals surface area contributed by atoms with Gasteiger partial charge in [-0.1, -0.05) is 6.07 Å². The number of ether oxygens (including phenoxy) is 6. The number of phenolic OH excluding ortho intramolecular Hbond substituents is 3. The van der Waals surface area contributed by atoms with Crippen LogP contribution in [0.4, 0.5) is 0 Å². The van der Waals surface area contributed by atoms with Crippen LogP contribution in [0.25, 0.3) is 28.7 Å². The van der Waals surface area contributed by atoms with Crippen molar-refractivity contribution in [2.45, 2.75) is 74.1 Å². The zero-order valence-electron chi connectivity index (χ0n) is 30.9. The predicted molar refractivity (Wildman–Crippen MR) is 198 cm³/mol. The maximum Gasteiger partial charge on any atom is 0.317 e. The summed E-state index contributed by atoms with van der Waals surface area (Å²) in [7, 11) is 0. The molecule has 60 heavy (non-hydrogen) atoms. The fourth-order valence-electron chi connectivity index (χ4n) is 6.19. The fourth-order valence-corrected chi connectivity index (χ4v) is 6.19. The van der Waals surface area contributed by atoms with Crippen LogP contribution in [0, 0.1) is 0 Å². The first-order valence-corrected chi connectivity index (χ1v) is 18.0. The molecule has 4 aliphatic rings. The Labute approximate surface area is 337 Å². The van der Waals surface area contributed by atoms with Crippen molar-refractivity contribution in [3.8, 4) is 51.4 Å². The molecule has 1 aliphatic carbocycles. The van der Waals surface area contributed by atoms with Crippen molar-refractivity contribution >= 4 is 18.0 Å². The van der Waals surface area contributed by atoms with E-state index in [1.165, 1.54) is 60.7 Å². The Kier molecular flexibility index (Phi) is 13.6. The Bertz CT molecular complexity index is 2190. The SMILES string of the molecule is O=C(O)CC(=O)OC[C@H]1O[C@@H](Oc2cc(=O)cc3oc(-c4ccc(O)cc4)c(O[C@@H]4O[C@H](C[OH+]C(O)C=Cc5ccc(O)c(O)c5)[C@@H](O)[C@H](O)[C@H]4O)cc2-3)[C@H](O)[C@@H](O)[C@@H]1O. The van der Waals surface area contributed by atoms with Crippen LogP contribution in [0.1, 0.15) is 12.0 Å². The maximum absolute atomic E-state index is 12.9. The second-order valence-electron chi connectivity index (χ2n) is 13.7. The summed E-state index contributed by atoms with van der Waals surface area (Å²) >= 11 is 0. The number of carboxylic acid groups (broad SMARTS) is 1. The van der Waals surface area contributed by atoms with Crippen LogP contribution in [-0.4, -0.2) is 154 Å². The molecule has 2 aromatic rings. The van der Waals surface area contributed by atoms with E-state index in [-0.39, 0.29) is 45.6 Å². The number of aliphatic hydroxyl groups is 9. The first-order valence-electron chi connectivity index (χ1n) is 18.0. The Morgan fingerprint density at radius 2 is 1.38 bits per heavy atom. The van der Waals surface area contributed by atoms with Crippen molar-refractivity contribution in [1.82, 2.24) is 0 Å². The Balaban J connectivity index is 1.27. The molecule has 0 amide bonds. The molecule has 0 aromatic heterocycles. The summed E-state index contributed by atoms with van der Waals surface area (Å²) in [6.07, 6.45) is -17.7. The van der Waals surface area contributed by atoms with E-state index >= 15 is 0 Å². The molecule has 2 fully saturated rings. The number of aromatic hydroxyl groups is 3. The van der Waals surface area contributed by atoms with Crippen molar-refractivity contribution in [1.29, 1.82) is 0 Å². The molecule has 3 aliphatic heterocycles. The van der Waals surface area contributed by atoms with E-state index < -0.39 is 110 Å². The average Bonchev–Trinajstić information content (AvgIpc) is 3.20. The van der Waals surface area contributed by atoms with Crippen LogP contribution in [-0.2, 0) is 23.8 Å². The third-order valence-corrected chi connectivity index (χ3v) is 9.38. The monoisotopic (exact) mass is 845 g/mol. The van der Waals surface area contributed by atoms with Gasteiger partial charge in [-0.3, -0.25) is 14.4 Å². The summed E-state index contributed by atoms with van der Waals surface area (Å²) in [6.45, 7) is -1.21. The highest BCUT2D eigenvalue weighted by atomic mass is 16.7. The van der Waals surface area contributed by atoms with Gasteiger partial charge in [0.25, 0.3) is 6.29 Å². The highest BCUT2D eigenvalue weighted by Gasteiger charge is 2.48. The van der Waals surface area contributed by atoms with Crippen LogP contribution < -0.4 is 14.9 Å². The molecule has 2 saturated heterocycles. The van der Waals surface area contributed by atoms with Gasteiger partial charge in [0.1, 0.15) is 73.0 Å². The molecule has 21 heteroatoms. The predicted octanol–water partition coefficient (Wildman–Crippen LogP) is -1.52. The van der Waals surface area contributed by atoms with E-state index in [1.807, 2.05) is 0 Å². The van der Waals surface area contributed by atoms with Gasteiger partial charge in [0.2, 0.25) is 12.6 Å². The topological polar surface area (TPSA) is 346 Å². The number of phenols is 3. The lowest BCUT2D eigenvalue weighted by Gasteiger charge is -2.40. The summed E-state index contributed by atoms with van der Waals surface area (Å²) in [5.41, 5.74) is -0.0842. The smallest absolute Gasteiger partial charge is 0.317 e. The second-order valence-corrected chi connectivity index (χ2v) is 13.7. The van der Waals surface area contributed by atoms with E-state index in [1.54, 1.807) is 0 Å². The van der Waals surface area contributed by atoms with Crippen LogP contribution in [0.2, 0.25) is 0 Å². The van der Waals surface area contributed by atoms with Crippen molar-refractivity contribution < 1.29 is 98.6 Å². The molecule has 0 bridgehead atoms. The molecule has 0 radical (unpaired) electrons. The lowest BCUT2D eigenvalue weighted by Crippen LogP contribution is -2.60. The number of benzene rings is 3. The first-order chi connectivity index (χ1) is 28.5. The zero-order chi connectivity index (χ0) is 43.4. The molecular formula is C39H41O21+. The summed E-state index contributed by atoms with van der Waals surface area (Å²) in [5.74, 6) is -4.40.